The molecule has 2 aliphatic rings. The third-order valence-corrected chi connectivity index (χ3v) is 5.90. The Labute approximate surface area is 137 Å². The van der Waals surface area contributed by atoms with Crippen LogP contribution in [0.3, 0.4) is 0 Å². The Kier molecular flexibility index (Phi) is 3.16. The van der Waals surface area contributed by atoms with Gasteiger partial charge in [-0.1, -0.05) is 48.5 Å². The van der Waals surface area contributed by atoms with Crippen LogP contribution >= 0.6 is 0 Å². The molecule has 3 aromatic rings. The van der Waals surface area contributed by atoms with E-state index in [0.29, 0.717) is 6.04 Å². The number of fused-ring (bicyclic) bond motifs is 5. The van der Waals surface area contributed by atoms with Crippen molar-refractivity contribution in [1.29, 1.82) is 0 Å². The van der Waals surface area contributed by atoms with Crippen LogP contribution in [0.4, 0.5) is 0 Å². The zero-order valence-electron chi connectivity index (χ0n) is 13.6. The SMILES string of the molecule is c1ccc2c(c1)ccc1c3c(ccc12)CCCC3N1CCCC1. The number of hydrogen-bond donors (Lipinski definition) is 0. The van der Waals surface area contributed by atoms with Crippen molar-refractivity contribution in [3.8, 4) is 0 Å². The van der Waals surface area contributed by atoms with Gasteiger partial charge in [0.05, 0.1) is 0 Å². The Morgan fingerprint density at radius 3 is 2.48 bits per heavy atom. The Balaban J connectivity index is 1.78. The number of likely N-dealkylation sites (tertiary alicyclic amines) is 1. The second-order valence-electron chi connectivity index (χ2n) is 7.17. The third-order valence-electron chi connectivity index (χ3n) is 5.90. The van der Waals surface area contributed by atoms with Crippen molar-refractivity contribution < 1.29 is 0 Å². The van der Waals surface area contributed by atoms with Crippen LogP contribution in [0.2, 0.25) is 0 Å². The molecule has 0 bridgehead atoms. The third kappa shape index (κ3) is 2.10. The highest BCUT2D eigenvalue weighted by molar-refractivity contribution is 6.08. The summed E-state index contributed by atoms with van der Waals surface area (Å²) in [5.41, 5.74) is 3.23. The summed E-state index contributed by atoms with van der Waals surface area (Å²) in [5.74, 6) is 0. The number of benzene rings is 3. The molecule has 0 radical (unpaired) electrons. The molecule has 0 amide bonds. The van der Waals surface area contributed by atoms with Gasteiger partial charge in [0.2, 0.25) is 0 Å². The van der Waals surface area contributed by atoms with Crippen LogP contribution in [-0.4, -0.2) is 18.0 Å². The summed E-state index contributed by atoms with van der Waals surface area (Å²) in [4.78, 5) is 2.74. The molecule has 1 saturated heterocycles. The number of aryl methyl sites for hydroxylation is 1. The van der Waals surface area contributed by atoms with Gasteiger partial charge < -0.3 is 0 Å². The minimum atomic E-state index is 0.645. The van der Waals surface area contributed by atoms with Crippen LogP contribution in [0.5, 0.6) is 0 Å². The molecule has 0 spiro atoms. The fourth-order valence-electron chi connectivity index (χ4n) is 4.82. The molecule has 1 unspecified atom stereocenters. The smallest absolute Gasteiger partial charge is 0.0357 e. The highest BCUT2D eigenvalue weighted by Gasteiger charge is 2.29. The molecule has 1 heteroatoms. The first-order valence-electron chi connectivity index (χ1n) is 9.09. The van der Waals surface area contributed by atoms with Gasteiger partial charge in [-0.2, -0.15) is 0 Å². The molecule has 0 aromatic heterocycles. The van der Waals surface area contributed by atoms with E-state index in [1.165, 1.54) is 66.7 Å². The van der Waals surface area contributed by atoms with E-state index in [4.69, 9.17) is 0 Å². The van der Waals surface area contributed by atoms with Crippen molar-refractivity contribution >= 4 is 21.5 Å². The van der Waals surface area contributed by atoms with Crippen LogP contribution in [0, 0.1) is 0 Å². The second kappa shape index (κ2) is 5.35. The monoisotopic (exact) mass is 301 g/mol. The molecule has 1 aliphatic heterocycles. The summed E-state index contributed by atoms with van der Waals surface area (Å²) in [6, 6.07) is 18.9. The zero-order chi connectivity index (χ0) is 15.2. The quantitative estimate of drug-likeness (QED) is 0.539. The molecular weight excluding hydrogens is 278 g/mol. The van der Waals surface area contributed by atoms with Gasteiger partial charge in [0.25, 0.3) is 0 Å². The van der Waals surface area contributed by atoms with Gasteiger partial charge in [-0.15, -0.1) is 0 Å². The van der Waals surface area contributed by atoms with E-state index in [0.717, 1.165) is 0 Å². The summed E-state index contributed by atoms with van der Waals surface area (Å²) >= 11 is 0. The van der Waals surface area contributed by atoms with Crippen molar-refractivity contribution in [1.82, 2.24) is 4.90 Å². The number of nitrogens with zero attached hydrogens (tertiary/aromatic N) is 1. The number of rotatable bonds is 1. The lowest BCUT2D eigenvalue weighted by Gasteiger charge is -2.34. The summed E-state index contributed by atoms with van der Waals surface area (Å²) in [6.07, 6.45) is 6.67. The molecule has 3 aromatic carbocycles. The first-order chi connectivity index (χ1) is 11.4. The molecule has 1 atom stereocenters. The van der Waals surface area contributed by atoms with E-state index < -0.39 is 0 Å². The van der Waals surface area contributed by atoms with Crippen LogP contribution in [0.25, 0.3) is 21.5 Å². The van der Waals surface area contributed by atoms with Crippen LogP contribution < -0.4 is 0 Å². The lowest BCUT2D eigenvalue weighted by molar-refractivity contribution is 0.223. The van der Waals surface area contributed by atoms with Gasteiger partial charge in [-0.3, -0.25) is 4.90 Å². The Hall–Kier alpha value is -1.86. The van der Waals surface area contributed by atoms with Gasteiger partial charge in [-0.05, 0) is 77.9 Å². The maximum atomic E-state index is 2.74. The highest BCUT2D eigenvalue weighted by atomic mass is 15.2. The van der Waals surface area contributed by atoms with Crippen molar-refractivity contribution in [2.24, 2.45) is 0 Å². The first-order valence-corrected chi connectivity index (χ1v) is 9.09. The molecular formula is C22H23N. The molecule has 1 aliphatic carbocycles. The normalized spacial score (nSPS) is 21.8. The topological polar surface area (TPSA) is 3.24 Å². The van der Waals surface area contributed by atoms with E-state index in [1.807, 2.05) is 0 Å². The van der Waals surface area contributed by atoms with E-state index in [1.54, 1.807) is 11.1 Å². The zero-order valence-corrected chi connectivity index (χ0v) is 13.6. The molecule has 1 heterocycles. The minimum absolute atomic E-state index is 0.645. The standard InChI is InChI=1S/C22H23N/c1-2-8-18-16(6-1)10-13-20-19(18)12-11-17-7-5-9-21(22(17)20)23-14-3-4-15-23/h1-2,6,8,10-13,21H,3-5,7,9,14-15H2. The van der Waals surface area contributed by atoms with Gasteiger partial charge in [0.15, 0.2) is 0 Å². The van der Waals surface area contributed by atoms with Crippen LogP contribution in [0.1, 0.15) is 42.9 Å². The maximum Gasteiger partial charge on any atom is 0.0357 e. The average molecular weight is 301 g/mol. The lowest BCUT2D eigenvalue weighted by atomic mass is 9.82. The van der Waals surface area contributed by atoms with E-state index in [-0.39, 0.29) is 0 Å². The second-order valence-corrected chi connectivity index (χ2v) is 7.17. The molecule has 1 fully saturated rings. The highest BCUT2D eigenvalue weighted by Crippen LogP contribution is 2.41. The van der Waals surface area contributed by atoms with Crippen molar-refractivity contribution in [3.63, 3.8) is 0 Å². The molecule has 23 heavy (non-hydrogen) atoms. The summed E-state index contributed by atoms with van der Waals surface area (Å²) < 4.78 is 0. The predicted octanol–water partition coefficient (Wildman–Crippen LogP) is 5.47. The Morgan fingerprint density at radius 1 is 0.739 bits per heavy atom. The van der Waals surface area contributed by atoms with Crippen molar-refractivity contribution in [2.45, 2.75) is 38.1 Å². The summed E-state index contributed by atoms with van der Waals surface area (Å²) in [5, 5.41) is 5.69. The lowest BCUT2D eigenvalue weighted by Crippen LogP contribution is -2.28. The Bertz CT molecular complexity index is 874. The first kappa shape index (κ1) is 13.6. The van der Waals surface area contributed by atoms with Crippen molar-refractivity contribution in [2.75, 3.05) is 13.1 Å². The largest absolute Gasteiger partial charge is 0.296 e. The van der Waals surface area contributed by atoms with Crippen LogP contribution in [0.15, 0.2) is 48.5 Å². The van der Waals surface area contributed by atoms with E-state index in [9.17, 15) is 0 Å². The van der Waals surface area contributed by atoms with E-state index >= 15 is 0 Å². The number of hydrogen-bond acceptors (Lipinski definition) is 1. The molecule has 116 valence electrons. The van der Waals surface area contributed by atoms with Crippen LogP contribution in [-0.2, 0) is 6.42 Å². The summed E-state index contributed by atoms with van der Waals surface area (Å²) in [7, 11) is 0. The molecule has 5 rings (SSSR count). The minimum Gasteiger partial charge on any atom is -0.296 e. The van der Waals surface area contributed by atoms with Crippen molar-refractivity contribution in [3.05, 3.63) is 59.7 Å². The molecule has 0 N–H and O–H groups in total. The van der Waals surface area contributed by atoms with E-state index in [2.05, 4.69) is 53.4 Å². The maximum absolute atomic E-state index is 2.74. The van der Waals surface area contributed by atoms with Gasteiger partial charge in [0.1, 0.15) is 0 Å². The molecule has 1 nitrogen and oxygen atoms in total. The fourth-order valence-corrected chi connectivity index (χ4v) is 4.82. The van der Waals surface area contributed by atoms with Gasteiger partial charge in [0, 0.05) is 6.04 Å². The predicted molar refractivity (Wildman–Crippen MR) is 97.9 cm³/mol. The molecule has 0 saturated carbocycles. The summed E-state index contributed by atoms with van der Waals surface area (Å²) in [6.45, 7) is 2.57. The average Bonchev–Trinajstić information content (AvgIpc) is 3.15. The fraction of sp³-hybridized carbons (Fsp3) is 0.364. The Morgan fingerprint density at radius 2 is 1.57 bits per heavy atom. The van der Waals surface area contributed by atoms with Gasteiger partial charge >= 0.3 is 0 Å². The van der Waals surface area contributed by atoms with Gasteiger partial charge in [-0.25, -0.2) is 0 Å².